The third-order valence-corrected chi connectivity index (χ3v) is 6.22. The van der Waals surface area contributed by atoms with Gasteiger partial charge in [-0.15, -0.1) is 11.3 Å². The van der Waals surface area contributed by atoms with Crippen LogP contribution >= 0.6 is 22.9 Å². The molecule has 0 bridgehead atoms. The maximum atomic E-state index is 12.4. The van der Waals surface area contributed by atoms with Gasteiger partial charge in [0.2, 0.25) is 0 Å². The number of rotatable bonds is 9. The van der Waals surface area contributed by atoms with Crippen molar-refractivity contribution in [3.63, 3.8) is 0 Å². The number of halogens is 1. The molecule has 3 aromatic rings. The van der Waals surface area contributed by atoms with Gasteiger partial charge >= 0.3 is 5.97 Å². The van der Waals surface area contributed by atoms with Gasteiger partial charge < -0.3 is 14.9 Å². The molecule has 1 amide bonds. The average molecular weight is 489 g/mol. The Morgan fingerprint density at radius 1 is 1.24 bits per heavy atom. The molecule has 0 aliphatic heterocycles. The fourth-order valence-corrected chi connectivity index (χ4v) is 4.73. The number of aryl methyl sites for hydroxylation is 2. The molecule has 2 aromatic heterocycles. The summed E-state index contributed by atoms with van der Waals surface area (Å²) in [5, 5.41) is 11.9. The Morgan fingerprint density at radius 3 is 2.64 bits per heavy atom. The normalized spacial score (nSPS) is 11.1. The van der Waals surface area contributed by atoms with E-state index in [1.54, 1.807) is 18.5 Å². The molecule has 0 radical (unpaired) electrons. The summed E-state index contributed by atoms with van der Waals surface area (Å²) >= 11 is 7.78. The van der Waals surface area contributed by atoms with Crippen molar-refractivity contribution in [2.24, 2.45) is 5.16 Å². The molecule has 0 atom stereocenters. The number of nitrogens with one attached hydrogen (secondary N) is 1. The first kappa shape index (κ1) is 24.5. The van der Waals surface area contributed by atoms with Crippen LogP contribution in [0, 0.1) is 13.8 Å². The van der Waals surface area contributed by atoms with Crippen molar-refractivity contribution in [3.8, 4) is 5.69 Å². The molecule has 2 heterocycles. The fourth-order valence-electron chi connectivity index (χ4n) is 3.26. The monoisotopic (exact) mass is 488 g/mol. The zero-order valence-electron chi connectivity index (χ0n) is 18.8. The largest absolute Gasteiger partial charge is 0.462 e. The van der Waals surface area contributed by atoms with Gasteiger partial charge in [-0.2, -0.15) is 5.10 Å². The van der Waals surface area contributed by atoms with Gasteiger partial charge in [-0.05, 0) is 44.9 Å². The third kappa shape index (κ3) is 5.61. The smallest absolute Gasteiger partial charge is 0.341 e. The second-order valence-corrected chi connectivity index (χ2v) is 8.59. The van der Waals surface area contributed by atoms with Crippen LogP contribution in [0.3, 0.4) is 0 Å². The van der Waals surface area contributed by atoms with E-state index < -0.39 is 11.9 Å². The Labute approximate surface area is 201 Å². The number of aromatic nitrogens is 2. The van der Waals surface area contributed by atoms with Crippen LogP contribution in [-0.4, -0.2) is 41.1 Å². The van der Waals surface area contributed by atoms with E-state index in [2.05, 4.69) is 15.6 Å². The summed E-state index contributed by atoms with van der Waals surface area (Å²) in [5.41, 5.74) is 3.34. The van der Waals surface area contributed by atoms with E-state index in [1.165, 1.54) is 17.6 Å². The lowest BCUT2D eigenvalue weighted by molar-refractivity contribution is -0.120. The Bertz CT molecular complexity index is 1170. The van der Waals surface area contributed by atoms with Crippen LogP contribution < -0.4 is 5.32 Å². The van der Waals surface area contributed by atoms with E-state index in [0.717, 1.165) is 16.1 Å². The minimum Gasteiger partial charge on any atom is -0.462 e. The number of carbonyl (C=O) groups is 2. The molecule has 0 saturated carbocycles. The minimum absolute atomic E-state index is 0.255. The Balaban J connectivity index is 1.65. The van der Waals surface area contributed by atoms with Crippen molar-refractivity contribution in [2.45, 2.75) is 34.1 Å². The number of thiophene rings is 1. The molecule has 1 aromatic carbocycles. The van der Waals surface area contributed by atoms with Crippen LogP contribution in [0.5, 0.6) is 0 Å². The van der Waals surface area contributed by atoms with Crippen LogP contribution in [0.25, 0.3) is 5.69 Å². The number of oxime groups is 1. The first-order valence-corrected chi connectivity index (χ1v) is 11.6. The number of esters is 1. The van der Waals surface area contributed by atoms with E-state index in [-0.39, 0.29) is 13.2 Å². The SMILES string of the molecule is CCOC(=O)c1c(NC(=O)CON=Cc2c(C)nn(-c3ccccc3)c2Cl)sc(C)c1CC. The zero-order chi connectivity index (χ0) is 24.0. The highest BCUT2D eigenvalue weighted by atomic mass is 35.5. The lowest BCUT2D eigenvalue weighted by atomic mass is 10.1. The molecule has 33 heavy (non-hydrogen) atoms. The maximum absolute atomic E-state index is 12.4. The first-order chi connectivity index (χ1) is 15.9. The molecule has 8 nitrogen and oxygen atoms in total. The quantitative estimate of drug-likeness (QED) is 0.262. The van der Waals surface area contributed by atoms with Crippen molar-refractivity contribution in [2.75, 3.05) is 18.5 Å². The van der Waals surface area contributed by atoms with Crippen molar-refractivity contribution in [1.29, 1.82) is 0 Å². The molecule has 0 unspecified atom stereocenters. The number of carbonyl (C=O) groups excluding carboxylic acids is 2. The third-order valence-electron chi connectivity index (χ3n) is 4.80. The number of benzene rings is 1. The molecule has 10 heteroatoms. The molecule has 3 rings (SSSR count). The molecule has 0 saturated heterocycles. The van der Waals surface area contributed by atoms with Crippen molar-refractivity contribution < 1.29 is 19.2 Å². The van der Waals surface area contributed by atoms with Crippen molar-refractivity contribution in [1.82, 2.24) is 9.78 Å². The number of nitrogens with zero attached hydrogens (tertiary/aromatic N) is 3. The van der Waals surface area contributed by atoms with Gasteiger partial charge in [-0.3, -0.25) is 4.79 Å². The maximum Gasteiger partial charge on any atom is 0.341 e. The number of ether oxygens (including phenoxy) is 1. The van der Waals surface area contributed by atoms with E-state index in [0.29, 0.717) is 33.4 Å². The van der Waals surface area contributed by atoms with Gasteiger partial charge in [-0.25, -0.2) is 9.48 Å². The van der Waals surface area contributed by atoms with Crippen LogP contribution in [0.1, 0.15) is 45.9 Å². The highest BCUT2D eigenvalue weighted by molar-refractivity contribution is 7.16. The summed E-state index contributed by atoms with van der Waals surface area (Å²) in [6, 6.07) is 9.47. The summed E-state index contributed by atoms with van der Waals surface area (Å²) in [6.45, 7) is 7.33. The Kier molecular flexibility index (Phi) is 8.24. The lowest BCUT2D eigenvalue weighted by Gasteiger charge is -2.07. The van der Waals surface area contributed by atoms with Crippen LogP contribution in [0.2, 0.25) is 5.15 Å². The van der Waals surface area contributed by atoms with E-state index in [9.17, 15) is 9.59 Å². The molecule has 0 aliphatic carbocycles. The zero-order valence-corrected chi connectivity index (χ0v) is 20.4. The van der Waals surface area contributed by atoms with E-state index in [4.69, 9.17) is 21.2 Å². The summed E-state index contributed by atoms with van der Waals surface area (Å²) in [5.74, 6) is -0.891. The predicted octanol–water partition coefficient (Wildman–Crippen LogP) is 4.93. The van der Waals surface area contributed by atoms with Crippen molar-refractivity contribution >= 4 is 46.0 Å². The predicted molar refractivity (Wildman–Crippen MR) is 130 cm³/mol. The minimum atomic E-state index is -0.450. The van der Waals surface area contributed by atoms with Crippen molar-refractivity contribution in [3.05, 3.63) is 62.7 Å². The number of anilines is 1. The van der Waals surface area contributed by atoms with Crippen LogP contribution in [-0.2, 0) is 20.8 Å². The van der Waals surface area contributed by atoms with E-state index >= 15 is 0 Å². The van der Waals surface area contributed by atoms with Gasteiger partial charge in [0, 0.05) is 4.88 Å². The molecule has 1 N–H and O–H groups in total. The Hall–Kier alpha value is -3.17. The standard InChI is InChI=1S/C23H25ClN4O4S/c1-5-17-15(4)33-22(20(17)23(30)31-6-2)26-19(29)13-32-25-12-18-14(3)27-28(21(18)24)16-10-8-7-9-11-16/h7-12H,5-6,13H2,1-4H3,(H,26,29). The highest BCUT2D eigenvalue weighted by Crippen LogP contribution is 2.34. The summed E-state index contributed by atoms with van der Waals surface area (Å²) in [7, 11) is 0. The second kappa shape index (κ2) is 11.1. The number of hydrogen-bond donors (Lipinski definition) is 1. The number of para-hydroxylation sites is 1. The molecule has 174 valence electrons. The van der Waals surface area contributed by atoms with Crippen LogP contribution in [0.4, 0.5) is 5.00 Å². The summed E-state index contributed by atoms with van der Waals surface area (Å²) in [6.07, 6.45) is 2.08. The van der Waals surface area contributed by atoms with Crippen LogP contribution in [0.15, 0.2) is 35.5 Å². The summed E-state index contributed by atoms with van der Waals surface area (Å²) < 4.78 is 6.75. The molecular formula is C23H25ClN4O4S. The van der Waals surface area contributed by atoms with Gasteiger partial charge in [0.05, 0.1) is 35.3 Å². The molecule has 0 spiro atoms. The van der Waals surface area contributed by atoms with E-state index in [1.807, 2.05) is 44.2 Å². The average Bonchev–Trinajstić information content (AvgIpc) is 3.26. The van der Waals surface area contributed by atoms with Gasteiger partial charge in [0.25, 0.3) is 5.91 Å². The summed E-state index contributed by atoms with van der Waals surface area (Å²) in [4.78, 5) is 30.9. The molecule has 0 aliphatic rings. The van der Waals surface area contributed by atoms with Gasteiger partial charge in [0.15, 0.2) is 6.61 Å². The lowest BCUT2D eigenvalue weighted by Crippen LogP contribution is -2.18. The topological polar surface area (TPSA) is 94.8 Å². The molecule has 0 fully saturated rings. The second-order valence-electron chi connectivity index (χ2n) is 7.01. The van der Waals surface area contributed by atoms with Gasteiger partial charge in [-0.1, -0.05) is 41.9 Å². The highest BCUT2D eigenvalue weighted by Gasteiger charge is 2.23. The Morgan fingerprint density at radius 2 is 1.97 bits per heavy atom. The van der Waals surface area contributed by atoms with Gasteiger partial charge in [0.1, 0.15) is 10.2 Å². The molecular weight excluding hydrogens is 464 g/mol. The fraction of sp³-hybridized carbons (Fsp3) is 0.304. The number of hydrogen-bond acceptors (Lipinski definition) is 7. The number of amides is 1. The first-order valence-electron chi connectivity index (χ1n) is 10.4.